The van der Waals surface area contributed by atoms with E-state index in [0.29, 0.717) is 6.04 Å². The van der Waals surface area contributed by atoms with Gasteiger partial charge in [0.1, 0.15) is 11.3 Å². The molecule has 20 heavy (non-hydrogen) atoms. The Morgan fingerprint density at radius 1 is 1.40 bits per heavy atom. The molecule has 1 aromatic carbocycles. The Morgan fingerprint density at radius 2 is 2.25 bits per heavy atom. The lowest BCUT2D eigenvalue weighted by atomic mass is 10.2. The minimum Gasteiger partial charge on any atom is -0.459 e. The fourth-order valence-electron chi connectivity index (χ4n) is 2.01. The quantitative estimate of drug-likeness (QED) is 0.725. The minimum atomic E-state index is 0.378. The second-order valence-corrected chi connectivity index (χ2v) is 5.70. The lowest BCUT2D eigenvalue weighted by Gasteiger charge is -2.13. The number of ether oxygens (including phenoxy) is 1. The Bertz CT molecular complexity index is 542. The van der Waals surface area contributed by atoms with Crippen molar-refractivity contribution in [3.63, 3.8) is 0 Å². The van der Waals surface area contributed by atoms with Crippen molar-refractivity contribution in [3.8, 4) is 0 Å². The van der Waals surface area contributed by atoms with Crippen LogP contribution in [0.3, 0.4) is 0 Å². The van der Waals surface area contributed by atoms with Crippen molar-refractivity contribution in [2.24, 2.45) is 0 Å². The molecule has 0 bridgehead atoms. The SMILES string of the molecule is COCCNCC(C)NCc1cc2cccc(Br)c2o1. The molecule has 0 fully saturated rings. The average Bonchev–Trinajstić information content (AvgIpc) is 2.86. The molecule has 2 rings (SSSR count). The van der Waals surface area contributed by atoms with Gasteiger partial charge in [0.25, 0.3) is 0 Å². The third-order valence-corrected chi connectivity index (χ3v) is 3.73. The van der Waals surface area contributed by atoms with Crippen LogP contribution in [-0.2, 0) is 11.3 Å². The lowest BCUT2D eigenvalue weighted by molar-refractivity contribution is 0.198. The zero-order chi connectivity index (χ0) is 14.4. The highest BCUT2D eigenvalue weighted by molar-refractivity contribution is 9.10. The molecule has 1 atom stereocenters. The van der Waals surface area contributed by atoms with Gasteiger partial charge in [-0.15, -0.1) is 0 Å². The zero-order valence-electron chi connectivity index (χ0n) is 11.9. The molecule has 1 heterocycles. The molecule has 0 aliphatic heterocycles. The Morgan fingerprint density at radius 3 is 3.00 bits per heavy atom. The first-order chi connectivity index (χ1) is 9.70. The van der Waals surface area contributed by atoms with E-state index in [1.807, 2.05) is 12.1 Å². The predicted octanol–water partition coefficient (Wildman–Crippen LogP) is 2.91. The fourth-order valence-corrected chi connectivity index (χ4v) is 2.47. The predicted molar refractivity (Wildman–Crippen MR) is 85.0 cm³/mol. The van der Waals surface area contributed by atoms with Crippen LogP contribution < -0.4 is 10.6 Å². The van der Waals surface area contributed by atoms with Gasteiger partial charge in [0.05, 0.1) is 17.6 Å². The van der Waals surface area contributed by atoms with Crippen LogP contribution in [0.15, 0.2) is 33.2 Å². The highest BCUT2D eigenvalue weighted by atomic mass is 79.9. The molecule has 0 amide bonds. The highest BCUT2D eigenvalue weighted by Gasteiger charge is 2.07. The summed E-state index contributed by atoms with van der Waals surface area (Å²) >= 11 is 3.50. The molecule has 2 aromatic rings. The van der Waals surface area contributed by atoms with E-state index in [4.69, 9.17) is 9.15 Å². The molecule has 0 radical (unpaired) electrons. The van der Waals surface area contributed by atoms with Crippen molar-refractivity contribution >= 4 is 26.9 Å². The van der Waals surface area contributed by atoms with Gasteiger partial charge in [0, 0.05) is 31.6 Å². The summed E-state index contributed by atoms with van der Waals surface area (Å²) in [4.78, 5) is 0. The number of rotatable bonds is 8. The van der Waals surface area contributed by atoms with Crippen LogP contribution in [0, 0.1) is 0 Å². The van der Waals surface area contributed by atoms with Crippen LogP contribution in [0.2, 0.25) is 0 Å². The van der Waals surface area contributed by atoms with Crippen molar-refractivity contribution in [2.75, 3.05) is 26.8 Å². The molecule has 0 saturated heterocycles. The minimum absolute atomic E-state index is 0.378. The van der Waals surface area contributed by atoms with Crippen molar-refractivity contribution in [3.05, 3.63) is 34.5 Å². The van der Waals surface area contributed by atoms with Crippen LogP contribution in [0.4, 0.5) is 0 Å². The zero-order valence-corrected chi connectivity index (χ0v) is 13.5. The van der Waals surface area contributed by atoms with Gasteiger partial charge in [0.15, 0.2) is 0 Å². The molecule has 0 saturated carbocycles. The molecule has 2 N–H and O–H groups in total. The summed E-state index contributed by atoms with van der Waals surface area (Å²) in [5.41, 5.74) is 0.912. The van der Waals surface area contributed by atoms with Crippen molar-refractivity contribution in [1.29, 1.82) is 0 Å². The smallest absolute Gasteiger partial charge is 0.148 e. The number of para-hydroxylation sites is 1. The number of benzene rings is 1. The molecule has 0 spiro atoms. The summed E-state index contributed by atoms with van der Waals surface area (Å²) in [6.07, 6.45) is 0. The molecule has 110 valence electrons. The maximum Gasteiger partial charge on any atom is 0.148 e. The molecule has 0 aliphatic rings. The third-order valence-electron chi connectivity index (χ3n) is 3.11. The van der Waals surface area contributed by atoms with Gasteiger partial charge in [-0.1, -0.05) is 12.1 Å². The maximum atomic E-state index is 5.84. The number of furan rings is 1. The average molecular weight is 341 g/mol. The molecule has 0 aliphatic carbocycles. The van der Waals surface area contributed by atoms with Crippen LogP contribution in [0.1, 0.15) is 12.7 Å². The van der Waals surface area contributed by atoms with Gasteiger partial charge in [0.2, 0.25) is 0 Å². The summed E-state index contributed by atoms with van der Waals surface area (Å²) in [6.45, 7) is 5.41. The molecular formula is C15H21BrN2O2. The van der Waals surface area contributed by atoms with E-state index in [2.05, 4.69) is 45.6 Å². The number of methoxy groups -OCH3 is 1. The number of halogens is 1. The van der Waals surface area contributed by atoms with Gasteiger partial charge < -0.3 is 19.8 Å². The summed E-state index contributed by atoms with van der Waals surface area (Å²) in [7, 11) is 1.71. The Hall–Kier alpha value is -0.880. The Balaban J connectivity index is 1.82. The topological polar surface area (TPSA) is 46.4 Å². The summed E-state index contributed by atoms with van der Waals surface area (Å²) in [5, 5.41) is 7.90. The monoisotopic (exact) mass is 340 g/mol. The first kappa shape index (κ1) is 15.5. The van der Waals surface area contributed by atoms with Crippen molar-refractivity contribution < 1.29 is 9.15 Å². The Labute approximate surface area is 128 Å². The van der Waals surface area contributed by atoms with Crippen LogP contribution >= 0.6 is 15.9 Å². The molecule has 1 unspecified atom stereocenters. The summed E-state index contributed by atoms with van der Waals surface area (Å²) in [6, 6.07) is 8.52. The molecule has 1 aromatic heterocycles. The number of fused-ring (bicyclic) bond motifs is 1. The van der Waals surface area contributed by atoms with Crippen LogP contribution in [-0.4, -0.2) is 32.8 Å². The third kappa shape index (κ3) is 4.31. The van der Waals surface area contributed by atoms with Crippen molar-refractivity contribution in [1.82, 2.24) is 10.6 Å². The second-order valence-electron chi connectivity index (χ2n) is 4.85. The fraction of sp³-hybridized carbons (Fsp3) is 0.467. The second kappa shape index (κ2) is 7.78. The number of hydrogen-bond donors (Lipinski definition) is 2. The largest absolute Gasteiger partial charge is 0.459 e. The first-order valence-electron chi connectivity index (χ1n) is 6.80. The Kier molecular flexibility index (Phi) is 6.04. The molecule has 4 nitrogen and oxygen atoms in total. The van der Waals surface area contributed by atoms with Crippen LogP contribution in [0.5, 0.6) is 0 Å². The molecule has 5 heteroatoms. The van der Waals surface area contributed by atoms with Gasteiger partial charge in [-0.3, -0.25) is 0 Å². The van der Waals surface area contributed by atoms with E-state index >= 15 is 0 Å². The first-order valence-corrected chi connectivity index (χ1v) is 7.60. The summed E-state index contributed by atoms with van der Waals surface area (Å²) in [5.74, 6) is 0.954. The van der Waals surface area contributed by atoms with E-state index in [1.54, 1.807) is 7.11 Å². The van der Waals surface area contributed by atoms with Crippen molar-refractivity contribution in [2.45, 2.75) is 19.5 Å². The van der Waals surface area contributed by atoms with Gasteiger partial charge in [-0.05, 0) is 35.0 Å². The standard InChI is InChI=1S/C15H21BrN2O2/c1-11(9-17-6-7-19-2)18-10-13-8-12-4-3-5-14(16)15(12)20-13/h3-5,8,11,17-18H,6-7,9-10H2,1-2H3. The van der Waals surface area contributed by atoms with Crippen LogP contribution in [0.25, 0.3) is 11.0 Å². The van der Waals surface area contributed by atoms with Gasteiger partial charge in [-0.2, -0.15) is 0 Å². The maximum absolute atomic E-state index is 5.84. The van der Waals surface area contributed by atoms with E-state index in [-0.39, 0.29) is 0 Å². The normalized spacial score (nSPS) is 12.9. The number of hydrogen-bond acceptors (Lipinski definition) is 4. The van der Waals surface area contributed by atoms with E-state index in [9.17, 15) is 0 Å². The summed E-state index contributed by atoms with van der Waals surface area (Å²) < 4.78 is 11.8. The molecular weight excluding hydrogens is 320 g/mol. The van der Waals surface area contributed by atoms with E-state index in [0.717, 1.165) is 47.4 Å². The van der Waals surface area contributed by atoms with Gasteiger partial charge >= 0.3 is 0 Å². The van der Waals surface area contributed by atoms with E-state index in [1.165, 1.54) is 0 Å². The van der Waals surface area contributed by atoms with Gasteiger partial charge in [-0.25, -0.2) is 0 Å². The van der Waals surface area contributed by atoms with E-state index < -0.39 is 0 Å². The highest BCUT2D eigenvalue weighted by Crippen LogP contribution is 2.26. The lowest BCUT2D eigenvalue weighted by Crippen LogP contribution is -2.37. The number of nitrogens with one attached hydrogen (secondary N) is 2.